The molecule has 1 heterocycles. The van der Waals surface area contributed by atoms with Crippen molar-refractivity contribution in [2.75, 3.05) is 0 Å². The summed E-state index contributed by atoms with van der Waals surface area (Å²) in [6.07, 6.45) is 4.51. The van der Waals surface area contributed by atoms with Crippen LogP contribution in [0.1, 0.15) is 57.3 Å². The minimum absolute atomic E-state index is 0.0179. The smallest absolute Gasteiger partial charge is 0.248 e. The van der Waals surface area contributed by atoms with Crippen LogP contribution in [0.5, 0.6) is 0 Å². The van der Waals surface area contributed by atoms with Gasteiger partial charge < -0.3 is 10.3 Å². The molecule has 0 aromatic carbocycles. The third-order valence-corrected chi connectivity index (χ3v) is 4.29. The van der Waals surface area contributed by atoms with Gasteiger partial charge in [0.15, 0.2) is 0 Å². The average molecular weight is 248 g/mol. The lowest BCUT2D eigenvalue weighted by atomic mass is 9.89. The molecule has 3 atom stereocenters. The number of fused-ring (bicyclic) bond motifs is 1. The fourth-order valence-electron chi connectivity index (χ4n) is 2.71. The number of hydrogen-bond donors (Lipinski definition) is 2. The van der Waals surface area contributed by atoms with Crippen LogP contribution in [0.15, 0.2) is 16.9 Å². The summed E-state index contributed by atoms with van der Waals surface area (Å²) in [5.41, 5.74) is 2.43. The summed E-state index contributed by atoms with van der Waals surface area (Å²) in [6.45, 7) is 6.78. The van der Waals surface area contributed by atoms with Gasteiger partial charge in [-0.05, 0) is 37.7 Å². The van der Waals surface area contributed by atoms with Crippen molar-refractivity contribution in [1.29, 1.82) is 0 Å². The van der Waals surface area contributed by atoms with Crippen molar-refractivity contribution in [3.63, 3.8) is 0 Å². The quantitative estimate of drug-likeness (QED) is 0.860. The molecule has 0 bridgehead atoms. The lowest BCUT2D eigenvalue weighted by molar-refractivity contribution is 0.329. The molecule has 0 aliphatic heterocycles. The van der Waals surface area contributed by atoms with Gasteiger partial charge in [-0.15, -0.1) is 0 Å². The predicted molar refractivity (Wildman–Crippen MR) is 74.8 cm³/mol. The molecule has 0 spiro atoms. The summed E-state index contributed by atoms with van der Waals surface area (Å²) in [6, 6.07) is 4.55. The molecule has 0 radical (unpaired) electrons. The van der Waals surface area contributed by atoms with E-state index >= 15 is 0 Å². The third-order valence-electron chi connectivity index (χ3n) is 4.29. The fraction of sp³-hybridized carbons (Fsp3) is 0.667. The van der Waals surface area contributed by atoms with Crippen LogP contribution in [0.4, 0.5) is 0 Å². The molecule has 0 saturated carbocycles. The Labute approximate surface area is 109 Å². The van der Waals surface area contributed by atoms with Gasteiger partial charge >= 0.3 is 0 Å². The maximum Gasteiger partial charge on any atom is 0.248 e. The molecule has 2 N–H and O–H groups in total. The molecule has 1 aromatic heterocycles. The van der Waals surface area contributed by atoms with E-state index in [4.69, 9.17) is 0 Å². The Morgan fingerprint density at radius 2 is 2.22 bits per heavy atom. The molecule has 0 saturated heterocycles. The van der Waals surface area contributed by atoms with Crippen LogP contribution in [0.2, 0.25) is 0 Å². The number of hydrogen-bond acceptors (Lipinski definition) is 2. The summed E-state index contributed by atoms with van der Waals surface area (Å²) < 4.78 is 0. The van der Waals surface area contributed by atoms with E-state index in [9.17, 15) is 4.79 Å². The summed E-state index contributed by atoms with van der Waals surface area (Å²) in [5, 5.41) is 3.72. The van der Waals surface area contributed by atoms with E-state index < -0.39 is 0 Å². The number of pyridine rings is 1. The highest BCUT2D eigenvalue weighted by Crippen LogP contribution is 2.28. The zero-order valence-corrected chi connectivity index (χ0v) is 11.6. The van der Waals surface area contributed by atoms with Gasteiger partial charge in [-0.2, -0.15) is 0 Å². The first-order chi connectivity index (χ1) is 8.61. The first kappa shape index (κ1) is 13.3. The van der Waals surface area contributed by atoms with Gasteiger partial charge in [-0.3, -0.25) is 4.79 Å². The first-order valence-corrected chi connectivity index (χ1v) is 7.10. The van der Waals surface area contributed by atoms with E-state index in [0.717, 1.165) is 18.5 Å². The summed E-state index contributed by atoms with van der Waals surface area (Å²) >= 11 is 0. The van der Waals surface area contributed by atoms with Crippen molar-refractivity contribution in [2.24, 2.45) is 5.92 Å². The lowest BCUT2D eigenvalue weighted by Gasteiger charge is -2.31. The summed E-state index contributed by atoms with van der Waals surface area (Å²) in [7, 11) is 0. The van der Waals surface area contributed by atoms with Crippen molar-refractivity contribution in [2.45, 2.75) is 58.5 Å². The summed E-state index contributed by atoms with van der Waals surface area (Å²) in [5.74, 6) is 0.679. The Morgan fingerprint density at radius 1 is 1.44 bits per heavy atom. The van der Waals surface area contributed by atoms with Crippen LogP contribution in [0, 0.1) is 5.92 Å². The normalized spacial score (nSPS) is 22.3. The second kappa shape index (κ2) is 5.70. The molecule has 0 fully saturated rings. The van der Waals surface area contributed by atoms with Crippen molar-refractivity contribution >= 4 is 0 Å². The highest BCUT2D eigenvalue weighted by molar-refractivity contribution is 5.26. The topological polar surface area (TPSA) is 44.9 Å². The molecule has 2 rings (SSSR count). The molecule has 100 valence electrons. The fourth-order valence-corrected chi connectivity index (χ4v) is 2.71. The molecule has 0 amide bonds. The van der Waals surface area contributed by atoms with Gasteiger partial charge in [0.2, 0.25) is 5.56 Å². The molecular weight excluding hydrogens is 224 g/mol. The molecule has 3 heteroatoms. The highest BCUT2D eigenvalue weighted by Gasteiger charge is 2.23. The minimum Gasteiger partial charge on any atom is -0.326 e. The van der Waals surface area contributed by atoms with Crippen LogP contribution >= 0.6 is 0 Å². The minimum atomic E-state index is 0.0179. The highest BCUT2D eigenvalue weighted by atomic mass is 16.1. The standard InChI is InChI=1S/C15H24N2O/c1-4-10(2)11(3)16-13-6-5-7-14-12(13)8-9-15(18)17-14/h8-11,13,16H,4-7H2,1-3H3,(H,17,18). The van der Waals surface area contributed by atoms with Crippen LogP contribution in [0.3, 0.4) is 0 Å². The Balaban J connectivity index is 2.15. The van der Waals surface area contributed by atoms with E-state index in [1.165, 1.54) is 18.4 Å². The van der Waals surface area contributed by atoms with Gasteiger partial charge in [0.1, 0.15) is 0 Å². The van der Waals surface area contributed by atoms with Crippen LogP contribution in [-0.2, 0) is 6.42 Å². The first-order valence-electron chi connectivity index (χ1n) is 7.10. The average Bonchev–Trinajstić information content (AvgIpc) is 2.37. The Bertz CT molecular complexity index is 452. The van der Waals surface area contributed by atoms with Gasteiger partial charge in [0, 0.05) is 23.8 Å². The number of aryl methyl sites for hydroxylation is 1. The van der Waals surface area contributed by atoms with Crippen LogP contribution in [0.25, 0.3) is 0 Å². The van der Waals surface area contributed by atoms with Gasteiger partial charge in [0.05, 0.1) is 0 Å². The van der Waals surface area contributed by atoms with Crippen molar-refractivity contribution in [3.8, 4) is 0 Å². The van der Waals surface area contributed by atoms with Gasteiger partial charge in [-0.1, -0.05) is 26.3 Å². The van der Waals surface area contributed by atoms with Crippen LogP contribution < -0.4 is 10.9 Å². The predicted octanol–water partition coefficient (Wildman–Crippen LogP) is 2.78. The third kappa shape index (κ3) is 2.83. The molecule has 1 aliphatic rings. The Hall–Kier alpha value is -1.09. The monoisotopic (exact) mass is 248 g/mol. The molecule has 1 aliphatic carbocycles. The van der Waals surface area contributed by atoms with Crippen LogP contribution in [-0.4, -0.2) is 11.0 Å². The zero-order chi connectivity index (χ0) is 13.1. The number of rotatable bonds is 4. The second-order valence-electron chi connectivity index (χ2n) is 5.54. The molecular formula is C15H24N2O. The number of aromatic nitrogens is 1. The lowest BCUT2D eigenvalue weighted by Crippen LogP contribution is -2.37. The Kier molecular flexibility index (Phi) is 4.23. The van der Waals surface area contributed by atoms with E-state index in [2.05, 4.69) is 31.1 Å². The Morgan fingerprint density at radius 3 is 2.94 bits per heavy atom. The van der Waals surface area contributed by atoms with E-state index in [0.29, 0.717) is 18.0 Å². The summed E-state index contributed by atoms with van der Waals surface area (Å²) in [4.78, 5) is 14.3. The maximum atomic E-state index is 11.3. The molecule has 18 heavy (non-hydrogen) atoms. The van der Waals surface area contributed by atoms with E-state index in [1.54, 1.807) is 6.07 Å². The number of nitrogens with one attached hydrogen (secondary N) is 2. The van der Waals surface area contributed by atoms with Gasteiger partial charge in [-0.25, -0.2) is 0 Å². The SMILES string of the molecule is CCC(C)C(C)NC1CCCc2[nH]c(=O)ccc21. The molecule has 3 unspecified atom stereocenters. The number of H-pyrrole nitrogens is 1. The van der Waals surface area contributed by atoms with E-state index in [-0.39, 0.29) is 5.56 Å². The second-order valence-corrected chi connectivity index (χ2v) is 5.54. The van der Waals surface area contributed by atoms with Crippen molar-refractivity contribution in [1.82, 2.24) is 10.3 Å². The van der Waals surface area contributed by atoms with Crippen molar-refractivity contribution < 1.29 is 0 Å². The largest absolute Gasteiger partial charge is 0.326 e. The zero-order valence-electron chi connectivity index (χ0n) is 11.6. The van der Waals surface area contributed by atoms with Crippen molar-refractivity contribution in [3.05, 3.63) is 33.7 Å². The van der Waals surface area contributed by atoms with E-state index in [1.807, 2.05) is 6.07 Å². The van der Waals surface area contributed by atoms with Gasteiger partial charge in [0.25, 0.3) is 0 Å². The molecule has 1 aromatic rings. The molecule has 3 nitrogen and oxygen atoms in total. The number of aromatic amines is 1. The maximum absolute atomic E-state index is 11.3.